The molecule has 1 aliphatic rings. The Bertz CT molecular complexity index is 882. The molecule has 6 nitrogen and oxygen atoms in total. The SMILES string of the molecule is COc1cc(C)c(C(C)Nc2ncc(C(=O)N3CCCCC3)cc2Cl)cc1OC. The van der Waals surface area contributed by atoms with Crippen LogP contribution in [0.2, 0.25) is 5.02 Å². The van der Waals surface area contributed by atoms with E-state index in [0.29, 0.717) is 27.9 Å². The Morgan fingerprint density at radius 2 is 1.79 bits per heavy atom. The van der Waals surface area contributed by atoms with Crippen molar-refractivity contribution in [1.29, 1.82) is 0 Å². The zero-order valence-corrected chi connectivity index (χ0v) is 18.2. The van der Waals surface area contributed by atoms with Crippen molar-refractivity contribution in [2.24, 2.45) is 0 Å². The second-order valence-corrected chi connectivity index (χ2v) is 7.74. The van der Waals surface area contributed by atoms with E-state index in [1.807, 2.05) is 30.9 Å². The number of anilines is 1. The normalized spacial score (nSPS) is 15.0. The van der Waals surface area contributed by atoms with E-state index in [4.69, 9.17) is 21.1 Å². The molecule has 0 aliphatic carbocycles. The minimum atomic E-state index is -0.0662. The number of likely N-dealkylation sites (tertiary alicyclic amines) is 1. The fraction of sp³-hybridized carbons (Fsp3) is 0.455. The number of ether oxygens (including phenoxy) is 2. The van der Waals surface area contributed by atoms with Gasteiger partial charge in [-0.1, -0.05) is 11.6 Å². The number of nitrogens with one attached hydrogen (secondary N) is 1. The molecule has 1 amide bonds. The molecule has 0 spiro atoms. The molecule has 3 rings (SSSR count). The number of benzene rings is 1. The molecule has 1 fully saturated rings. The summed E-state index contributed by atoms with van der Waals surface area (Å²) in [7, 11) is 3.24. The average molecular weight is 418 g/mol. The van der Waals surface area contributed by atoms with Gasteiger partial charge in [0.2, 0.25) is 0 Å². The minimum absolute atomic E-state index is 0.00515. The highest BCUT2D eigenvalue weighted by molar-refractivity contribution is 6.33. The number of carbonyl (C=O) groups excluding carboxylic acids is 1. The summed E-state index contributed by atoms with van der Waals surface area (Å²) in [6.07, 6.45) is 4.88. The lowest BCUT2D eigenvalue weighted by Crippen LogP contribution is -2.35. The molecule has 0 radical (unpaired) electrons. The van der Waals surface area contributed by atoms with Crippen molar-refractivity contribution in [1.82, 2.24) is 9.88 Å². The van der Waals surface area contributed by atoms with Crippen LogP contribution in [0.25, 0.3) is 0 Å². The average Bonchev–Trinajstić information content (AvgIpc) is 2.74. The van der Waals surface area contributed by atoms with Crippen molar-refractivity contribution in [3.63, 3.8) is 0 Å². The number of carbonyl (C=O) groups is 1. The maximum Gasteiger partial charge on any atom is 0.255 e. The van der Waals surface area contributed by atoms with Crippen LogP contribution in [-0.2, 0) is 0 Å². The molecule has 2 heterocycles. The number of amides is 1. The molecule has 1 saturated heterocycles. The van der Waals surface area contributed by atoms with Gasteiger partial charge in [-0.25, -0.2) is 4.98 Å². The van der Waals surface area contributed by atoms with Crippen LogP contribution in [0.5, 0.6) is 11.5 Å². The molecule has 1 aromatic heterocycles. The quantitative estimate of drug-likeness (QED) is 0.727. The molecule has 1 atom stereocenters. The summed E-state index contributed by atoms with van der Waals surface area (Å²) < 4.78 is 10.8. The molecule has 1 unspecified atom stereocenters. The first-order chi connectivity index (χ1) is 13.9. The third-order valence-corrected chi connectivity index (χ3v) is 5.61. The van der Waals surface area contributed by atoms with Crippen LogP contribution in [0.3, 0.4) is 0 Å². The monoisotopic (exact) mass is 417 g/mol. The summed E-state index contributed by atoms with van der Waals surface area (Å²) in [5, 5.41) is 3.77. The standard InChI is InChI=1S/C22H28ClN3O3/c1-14-10-19(28-3)20(29-4)12-17(14)15(2)25-21-18(23)11-16(13-24-21)22(27)26-8-6-5-7-9-26/h10-13,15H,5-9H2,1-4H3,(H,24,25). The Morgan fingerprint density at radius 1 is 1.14 bits per heavy atom. The van der Waals surface area contributed by atoms with Gasteiger partial charge in [-0.2, -0.15) is 0 Å². The van der Waals surface area contributed by atoms with Gasteiger partial charge >= 0.3 is 0 Å². The first-order valence-electron chi connectivity index (χ1n) is 9.88. The Hall–Kier alpha value is -2.47. The molecule has 29 heavy (non-hydrogen) atoms. The predicted octanol–water partition coefficient (Wildman–Crippen LogP) is 4.86. The number of halogens is 1. The fourth-order valence-electron chi connectivity index (χ4n) is 3.69. The number of hydrogen-bond acceptors (Lipinski definition) is 5. The number of rotatable bonds is 6. The first kappa shape index (κ1) is 21.2. The molecule has 1 aliphatic heterocycles. The first-order valence-corrected chi connectivity index (χ1v) is 10.3. The van der Waals surface area contributed by atoms with Gasteiger partial charge in [0.05, 0.1) is 30.8 Å². The lowest BCUT2D eigenvalue weighted by molar-refractivity contribution is 0.0724. The number of hydrogen-bond donors (Lipinski definition) is 1. The summed E-state index contributed by atoms with van der Waals surface area (Å²) in [6, 6.07) is 5.53. The van der Waals surface area contributed by atoms with E-state index >= 15 is 0 Å². The topological polar surface area (TPSA) is 63.7 Å². The third-order valence-electron chi connectivity index (χ3n) is 5.32. The Morgan fingerprint density at radius 3 is 2.41 bits per heavy atom. The highest BCUT2D eigenvalue weighted by atomic mass is 35.5. The highest BCUT2D eigenvalue weighted by Gasteiger charge is 2.20. The predicted molar refractivity (Wildman–Crippen MR) is 115 cm³/mol. The van der Waals surface area contributed by atoms with Gasteiger partial charge in [0.15, 0.2) is 11.5 Å². The number of pyridine rings is 1. The van der Waals surface area contributed by atoms with Gasteiger partial charge in [-0.15, -0.1) is 0 Å². The summed E-state index contributed by atoms with van der Waals surface area (Å²) in [5.74, 6) is 1.90. The van der Waals surface area contributed by atoms with Gasteiger partial charge in [0.1, 0.15) is 5.82 Å². The van der Waals surface area contributed by atoms with Crippen molar-refractivity contribution in [3.05, 3.63) is 46.1 Å². The van der Waals surface area contributed by atoms with E-state index < -0.39 is 0 Å². The number of piperidine rings is 1. The lowest BCUT2D eigenvalue weighted by atomic mass is 10.0. The second kappa shape index (κ2) is 9.35. The van der Waals surface area contributed by atoms with E-state index in [1.54, 1.807) is 26.5 Å². The van der Waals surface area contributed by atoms with Gasteiger partial charge in [-0.05, 0) is 62.4 Å². The van der Waals surface area contributed by atoms with Crippen molar-refractivity contribution < 1.29 is 14.3 Å². The van der Waals surface area contributed by atoms with E-state index in [0.717, 1.165) is 37.1 Å². The van der Waals surface area contributed by atoms with Crippen molar-refractivity contribution in [2.45, 2.75) is 39.2 Å². The van der Waals surface area contributed by atoms with Crippen molar-refractivity contribution >= 4 is 23.3 Å². The maximum absolute atomic E-state index is 12.7. The number of nitrogens with zero attached hydrogens (tertiary/aromatic N) is 2. The van der Waals surface area contributed by atoms with Crippen LogP contribution >= 0.6 is 11.6 Å². The maximum atomic E-state index is 12.7. The van der Waals surface area contributed by atoms with Crippen LogP contribution in [0.1, 0.15) is 53.7 Å². The fourth-order valence-corrected chi connectivity index (χ4v) is 3.91. The Kier molecular flexibility index (Phi) is 6.85. The zero-order valence-electron chi connectivity index (χ0n) is 17.4. The number of aryl methyl sites for hydroxylation is 1. The summed E-state index contributed by atoms with van der Waals surface area (Å²) >= 11 is 6.45. The molecule has 156 valence electrons. The van der Waals surface area contributed by atoms with Crippen LogP contribution < -0.4 is 14.8 Å². The molecule has 0 saturated carbocycles. The van der Waals surface area contributed by atoms with Crippen LogP contribution in [0.4, 0.5) is 5.82 Å². The number of methoxy groups -OCH3 is 2. The number of aromatic nitrogens is 1. The van der Waals surface area contributed by atoms with E-state index in [-0.39, 0.29) is 11.9 Å². The summed E-state index contributed by atoms with van der Waals surface area (Å²) in [4.78, 5) is 19.0. The summed E-state index contributed by atoms with van der Waals surface area (Å²) in [5.41, 5.74) is 2.64. The van der Waals surface area contributed by atoms with Crippen LogP contribution in [0, 0.1) is 6.92 Å². The lowest BCUT2D eigenvalue weighted by Gasteiger charge is -2.26. The molecule has 1 N–H and O–H groups in total. The molecular weight excluding hydrogens is 390 g/mol. The molecular formula is C22H28ClN3O3. The molecule has 7 heteroatoms. The van der Waals surface area contributed by atoms with E-state index in [2.05, 4.69) is 10.3 Å². The smallest absolute Gasteiger partial charge is 0.255 e. The Balaban J connectivity index is 1.77. The van der Waals surface area contributed by atoms with Gasteiger partial charge in [0, 0.05) is 19.3 Å². The zero-order chi connectivity index (χ0) is 21.0. The minimum Gasteiger partial charge on any atom is -0.493 e. The summed E-state index contributed by atoms with van der Waals surface area (Å²) in [6.45, 7) is 5.64. The third kappa shape index (κ3) is 4.75. The van der Waals surface area contributed by atoms with Crippen molar-refractivity contribution in [2.75, 3.05) is 32.6 Å². The second-order valence-electron chi connectivity index (χ2n) is 7.34. The van der Waals surface area contributed by atoms with Gasteiger partial charge in [0.25, 0.3) is 5.91 Å². The molecule has 0 bridgehead atoms. The van der Waals surface area contributed by atoms with E-state index in [1.165, 1.54) is 6.42 Å². The van der Waals surface area contributed by atoms with Gasteiger partial charge in [-0.3, -0.25) is 4.79 Å². The van der Waals surface area contributed by atoms with E-state index in [9.17, 15) is 4.79 Å². The highest BCUT2D eigenvalue weighted by Crippen LogP contribution is 2.34. The molecule has 2 aromatic rings. The van der Waals surface area contributed by atoms with Gasteiger partial charge < -0.3 is 19.7 Å². The largest absolute Gasteiger partial charge is 0.493 e. The Labute approximate surface area is 177 Å². The van der Waals surface area contributed by atoms with Crippen molar-refractivity contribution in [3.8, 4) is 11.5 Å². The van der Waals surface area contributed by atoms with Crippen LogP contribution in [-0.4, -0.2) is 43.1 Å². The molecule has 1 aromatic carbocycles. The van der Waals surface area contributed by atoms with Crippen LogP contribution in [0.15, 0.2) is 24.4 Å².